The summed E-state index contributed by atoms with van der Waals surface area (Å²) in [7, 11) is 0. The quantitative estimate of drug-likeness (QED) is 0.182. The van der Waals surface area contributed by atoms with Crippen molar-refractivity contribution in [1.82, 2.24) is 0 Å². The lowest BCUT2D eigenvalue weighted by Crippen LogP contribution is -2.17. The first-order valence-corrected chi connectivity index (χ1v) is 17.6. The minimum absolute atomic E-state index is 0.960. The topological polar surface area (TPSA) is 19.6 Å². The number of rotatable bonds is 6. The van der Waals surface area contributed by atoms with Crippen LogP contribution >= 0.6 is 0 Å². The van der Waals surface area contributed by atoms with Crippen molar-refractivity contribution in [1.29, 1.82) is 0 Å². The van der Waals surface area contributed by atoms with Gasteiger partial charge in [-0.15, -0.1) is 0 Å². The molecule has 7 aromatic carbocycles. The Morgan fingerprint density at radius 3 is 1.55 bits per heavy atom. The van der Waals surface area contributed by atoms with Crippen LogP contribution in [0.2, 0.25) is 0 Å². The largest absolute Gasteiger partial charge is 0.456 e. The van der Waals surface area contributed by atoms with Gasteiger partial charge in [0.1, 0.15) is 11.2 Å². The monoisotopic (exact) mass is 632 g/mol. The van der Waals surface area contributed by atoms with E-state index < -0.39 is 0 Å². The summed E-state index contributed by atoms with van der Waals surface area (Å²) < 4.78 is 7.07. The maximum absolute atomic E-state index is 7.07. The summed E-state index contributed by atoms with van der Waals surface area (Å²) in [5.74, 6) is 0. The van der Waals surface area contributed by atoms with Crippen molar-refractivity contribution in [2.75, 3.05) is 9.80 Å². The van der Waals surface area contributed by atoms with E-state index in [1.54, 1.807) is 0 Å². The highest BCUT2D eigenvalue weighted by molar-refractivity contribution is 6.18. The molecule has 3 nitrogen and oxygen atoms in total. The third kappa shape index (κ3) is 4.49. The van der Waals surface area contributed by atoms with E-state index in [1.165, 1.54) is 60.9 Å². The Labute approximate surface area is 286 Å². The third-order valence-corrected chi connectivity index (χ3v) is 10.6. The van der Waals surface area contributed by atoms with Gasteiger partial charge in [0, 0.05) is 50.8 Å². The first-order valence-electron chi connectivity index (χ1n) is 17.6. The Balaban J connectivity index is 1.23. The number of nitrogens with zero attached hydrogens (tertiary/aromatic N) is 2. The number of aryl methyl sites for hydroxylation is 4. The van der Waals surface area contributed by atoms with E-state index in [-0.39, 0.29) is 0 Å². The fraction of sp³-hybridized carbons (Fsp3) is 0.130. The van der Waals surface area contributed by atoms with Crippen molar-refractivity contribution in [3.05, 3.63) is 168 Å². The molecule has 3 heteroatoms. The zero-order valence-corrected chi connectivity index (χ0v) is 27.4. The zero-order valence-electron chi connectivity index (χ0n) is 27.4. The standard InChI is InChI=1S/C46H36N2O/c1-5-16-32(17-6-1)47(33-18-7-2-8-19-33)36-27-28-38-42(30-36)49-46-40-26-14-24-37-41(29-31-15-13-25-39(45(38)46)43(31)44(37)40)48(34-20-9-3-10-21-34)35-22-11-4-12-23-35/h1-12,16-23,27-30H,13-15,24-26H2. The van der Waals surface area contributed by atoms with Crippen LogP contribution in [-0.4, -0.2) is 0 Å². The predicted molar refractivity (Wildman–Crippen MR) is 205 cm³/mol. The summed E-state index contributed by atoms with van der Waals surface area (Å²) in [6, 6.07) is 52.4. The summed E-state index contributed by atoms with van der Waals surface area (Å²) in [6.45, 7) is 0. The number of fused-ring (bicyclic) bond motifs is 5. The highest BCUT2D eigenvalue weighted by Gasteiger charge is 2.31. The lowest BCUT2D eigenvalue weighted by atomic mass is 9.77. The number of para-hydroxylation sites is 4. The van der Waals surface area contributed by atoms with Crippen molar-refractivity contribution >= 4 is 66.8 Å². The molecule has 0 bridgehead atoms. The number of benzene rings is 7. The molecule has 10 rings (SSSR count). The second-order valence-electron chi connectivity index (χ2n) is 13.4. The molecule has 0 atom stereocenters. The number of anilines is 6. The molecule has 49 heavy (non-hydrogen) atoms. The van der Waals surface area contributed by atoms with Gasteiger partial charge in [0.15, 0.2) is 0 Å². The van der Waals surface area contributed by atoms with E-state index in [9.17, 15) is 0 Å². The van der Waals surface area contributed by atoms with E-state index in [4.69, 9.17) is 4.42 Å². The predicted octanol–water partition coefficient (Wildman–Crippen LogP) is 12.7. The van der Waals surface area contributed by atoms with Crippen LogP contribution in [0, 0.1) is 0 Å². The van der Waals surface area contributed by atoms with Crippen LogP contribution < -0.4 is 9.80 Å². The highest BCUT2D eigenvalue weighted by atomic mass is 16.3. The molecule has 0 radical (unpaired) electrons. The van der Waals surface area contributed by atoms with E-state index in [0.717, 1.165) is 66.8 Å². The molecule has 1 aromatic heterocycles. The van der Waals surface area contributed by atoms with Gasteiger partial charge in [0.05, 0.1) is 5.69 Å². The summed E-state index contributed by atoms with van der Waals surface area (Å²) in [5.41, 5.74) is 14.9. The molecule has 0 unspecified atom stereocenters. The Bertz CT molecular complexity index is 2410. The molecule has 0 aliphatic heterocycles. The van der Waals surface area contributed by atoms with Crippen molar-refractivity contribution in [2.24, 2.45) is 0 Å². The summed E-state index contributed by atoms with van der Waals surface area (Å²) in [5, 5.41) is 5.51. The average Bonchev–Trinajstić information content (AvgIpc) is 3.56. The molecular weight excluding hydrogens is 597 g/mol. The Hall–Kier alpha value is -5.80. The molecule has 236 valence electrons. The van der Waals surface area contributed by atoms with Crippen LogP contribution in [0.3, 0.4) is 0 Å². The molecule has 2 aliphatic rings. The van der Waals surface area contributed by atoms with Gasteiger partial charge in [-0.1, -0.05) is 72.8 Å². The van der Waals surface area contributed by atoms with Gasteiger partial charge >= 0.3 is 0 Å². The summed E-state index contributed by atoms with van der Waals surface area (Å²) >= 11 is 0. The maximum Gasteiger partial charge on any atom is 0.139 e. The molecule has 0 amide bonds. The van der Waals surface area contributed by atoms with Gasteiger partial charge in [-0.05, 0) is 133 Å². The summed E-state index contributed by atoms with van der Waals surface area (Å²) in [4.78, 5) is 4.80. The van der Waals surface area contributed by atoms with E-state index in [1.807, 2.05) is 0 Å². The Kier molecular flexibility index (Phi) is 6.58. The smallest absolute Gasteiger partial charge is 0.139 e. The van der Waals surface area contributed by atoms with Crippen LogP contribution in [0.1, 0.15) is 35.1 Å². The van der Waals surface area contributed by atoms with E-state index in [2.05, 4.69) is 155 Å². The average molecular weight is 633 g/mol. The van der Waals surface area contributed by atoms with Gasteiger partial charge in [-0.3, -0.25) is 0 Å². The van der Waals surface area contributed by atoms with Crippen molar-refractivity contribution in [3.63, 3.8) is 0 Å². The van der Waals surface area contributed by atoms with Crippen molar-refractivity contribution < 1.29 is 4.42 Å². The first kappa shape index (κ1) is 28.2. The van der Waals surface area contributed by atoms with E-state index in [0.29, 0.717) is 0 Å². The van der Waals surface area contributed by atoms with Crippen LogP contribution in [-0.2, 0) is 25.7 Å². The van der Waals surface area contributed by atoms with Gasteiger partial charge in [0.2, 0.25) is 0 Å². The summed E-state index contributed by atoms with van der Waals surface area (Å²) in [6.07, 6.45) is 6.53. The normalized spacial score (nSPS) is 13.6. The van der Waals surface area contributed by atoms with Crippen LogP contribution in [0.4, 0.5) is 34.1 Å². The second-order valence-corrected chi connectivity index (χ2v) is 13.4. The lowest BCUT2D eigenvalue weighted by Gasteiger charge is -2.33. The van der Waals surface area contributed by atoms with Gasteiger partial charge < -0.3 is 14.2 Å². The molecule has 1 heterocycles. The van der Waals surface area contributed by atoms with Gasteiger partial charge in [-0.25, -0.2) is 0 Å². The fourth-order valence-corrected chi connectivity index (χ4v) is 8.64. The molecule has 0 spiro atoms. The molecule has 0 saturated carbocycles. The van der Waals surface area contributed by atoms with Gasteiger partial charge in [0.25, 0.3) is 0 Å². The SMILES string of the molecule is c1ccc(N(c2ccccc2)c2ccc3c(c2)oc2c4c5c(c(N(c6ccccc6)c6ccccc6)cc6c5c(c23)CCC6)CCC4)cc1. The minimum Gasteiger partial charge on any atom is -0.456 e. The molecule has 8 aromatic rings. The first-order chi connectivity index (χ1) is 24.3. The maximum atomic E-state index is 7.07. The van der Waals surface area contributed by atoms with Gasteiger partial charge in [-0.2, -0.15) is 0 Å². The lowest BCUT2D eigenvalue weighted by molar-refractivity contribution is 0.658. The number of furan rings is 1. The van der Waals surface area contributed by atoms with Crippen LogP contribution in [0.15, 0.2) is 150 Å². The second kappa shape index (κ2) is 11.4. The Morgan fingerprint density at radius 1 is 0.408 bits per heavy atom. The highest BCUT2D eigenvalue weighted by Crippen LogP contribution is 2.51. The van der Waals surface area contributed by atoms with Crippen molar-refractivity contribution in [2.45, 2.75) is 38.5 Å². The van der Waals surface area contributed by atoms with E-state index >= 15 is 0 Å². The fourth-order valence-electron chi connectivity index (χ4n) is 8.64. The molecule has 0 N–H and O–H groups in total. The molecule has 2 aliphatic carbocycles. The molecular formula is C46H36N2O. The zero-order chi connectivity index (χ0) is 32.3. The third-order valence-electron chi connectivity index (χ3n) is 10.6. The number of hydrogen-bond acceptors (Lipinski definition) is 3. The van der Waals surface area contributed by atoms with Crippen LogP contribution in [0.5, 0.6) is 0 Å². The minimum atomic E-state index is 0.960. The Morgan fingerprint density at radius 2 is 0.939 bits per heavy atom. The number of hydrogen-bond donors (Lipinski definition) is 0. The van der Waals surface area contributed by atoms with Crippen molar-refractivity contribution in [3.8, 4) is 0 Å². The van der Waals surface area contributed by atoms with Crippen LogP contribution in [0.25, 0.3) is 32.7 Å². The molecule has 0 saturated heterocycles. The molecule has 0 fully saturated rings.